The number of fused-ring (bicyclic) bond motifs is 1. The van der Waals surface area contributed by atoms with Gasteiger partial charge >= 0.3 is 11.8 Å². The molecule has 0 amide bonds. The predicted octanol–water partition coefficient (Wildman–Crippen LogP) is 3.54. The molecule has 1 aliphatic heterocycles. The minimum Gasteiger partial charge on any atom is -0.393 e. The first-order valence-corrected chi connectivity index (χ1v) is 6.39. The van der Waals surface area contributed by atoms with E-state index in [0.29, 0.717) is 10.8 Å². The number of benzene rings is 2. The molecule has 0 saturated carbocycles. The van der Waals surface area contributed by atoms with Crippen LogP contribution in [0, 0.1) is 0 Å². The van der Waals surface area contributed by atoms with Crippen LogP contribution < -0.4 is 0 Å². The standard InChI is InChI=1S/C15H12F4O2/c16-14(17)12(8-20)21-13(15(14,18)19)11-7-3-5-9-4-1-2-6-10(9)11/h1-7,12-13,20H,8H2/t12-,13+/m1/s1. The normalized spacial score (nSPS) is 27.1. The van der Waals surface area contributed by atoms with Crippen molar-refractivity contribution >= 4 is 10.8 Å². The van der Waals surface area contributed by atoms with Gasteiger partial charge in [0.15, 0.2) is 12.2 Å². The summed E-state index contributed by atoms with van der Waals surface area (Å²) in [5, 5.41) is 9.96. The minimum atomic E-state index is -4.41. The molecule has 0 radical (unpaired) electrons. The smallest absolute Gasteiger partial charge is 0.342 e. The number of hydrogen-bond donors (Lipinski definition) is 1. The van der Waals surface area contributed by atoms with Gasteiger partial charge < -0.3 is 9.84 Å². The lowest BCUT2D eigenvalue weighted by Crippen LogP contribution is -2.45. The molecule has 1 fully saturated rings. The molecule has 2 aromatic rings. The molecular weight excluding hydrogens is 288 g/mol. The Morgan fingerprint density at radius 2 is 1.62 bits per heavy atom. The molecule has 6 heteroatoms. The fraction of sp³-hybridized carbons (Fsp3) is 0.333. The van der Waals surface area contributed by atoms with E-state index in [2.05, 4.69) is 0 Å². The second-order valence-electron chi connectivity index (χ2n) is 5.00. The SMILES string of the molecule is OC[C@H]1O[C@@H](c2cccc3ccccc23)C(F)(F)C1(F)F. The van der Waals surface area contributed by atoms with E-state index in [1.807, 2.05) is 0 Å². The first-order chi connectivity index (χ1) is 9.89. The maximum atomic E-state index is 14.1. The maximum absolute atomic E-state index is 14.1. The van der Waals surface area contributed by atoms with Crippen LogP contribution in [0.1, 0.15) is 11.7 Å². The molecule has 112 valence electrons. The fourth-order valence-electron chi connectivity index (χ4n) is 2.63. The number of halogens is 4. The summed E-state index contributed by atoms with van der Waals surface area (Å²) in [6.45, 7) is -1.16. The topological polar surface area (TPSA) is 29.5 Å². The lowest BCUT2D eigenvalue weighted by Gasteiger charge is -2.23. The monoisotopic (exact) mass is 300 g/mol. The van der Waals surface area contributed by atoms with Crippen molar-refractivity contribution in [3.63, 3.8) is 0 Å². The van der Waals surface area contributed by atoms with Crippen molar-refractivity contribution in [1.29, 1.82) is 0 Å². The Bertz CT molecular complexity index is 666. The van der Waals surface area contributed by atoms with Gasteiger partial charge in [-0.15, -0.1) is 0 Å². The number of ether oxygens (including phenoxy) is 1. The average molecular weight is 300 g/mol. The largest absolute Gasteiger partial charge is 0.393 e. The molecule has 1 heterocycles. The molecule has 2 atom stereocenters. The van der Waals surface area contributed by atoms with Gasteiger partial charge in [0.05, 0.1) is 6.61 Å². The van der Waals surface area contributed by atoms with Crippen molar-refractivity contribution in [3.05, 3.63) is 48.0 Å². The van der Waals surface area contributed by atoms with Crippen LogP contribution in [0.25, 0.3) is 10.8 Å². The van der Waals surface area contributed by atoms with E-state index in [9.17, 15) is 17.6 Å². The van der Waals surface area contributed by atoms with Gasteiger partial charge in [-0.25, -0.2) is 0 Å². The predicted molar refractivity (Wildman–Crippen MR) is 68.5 cm³/mol. The highest BCUT2D eigenvalue weighted by Crippen LogP contribution is 2.55. The molecule has 2 nitrogen and oxygen atoms in total. The fourth-order valence-corrected chi connectivity index (χ4v) is 2.63. The van der Waals surface area contributed by atoms with Crippen LogP contribution in [0.3, 0.4) is 0 Å². The Morgan fingerprint density at radius 3 is 2.29 bits per heavy atom. The molecule has 0 aliphatic carbocycles. The molecular formula is C15H12F4O2. The molecule has 1 aliphatic rings. The molecule has 1 saturated heterocycles. The van der Waals surface area contributed by atoms with Gasteiger partial charge in [0, 0.05) is 0 Å². The molecule has 3 rings (SSSR count). The quantitative estimate of drug-likeness (QED) is 0.860. The highest BCUT2D eigenvalue weighted by molar-refractivity contribution is 5.86. The third kappa shape index (κ3) is 1.93. The molecule has 21 heavy (non-hydrogen) atoms. The Balaban J connectivity index is 2.15. The van der Waals surface area contributed by atoms with E-state index in [0.717, 1.165) is 0 Å². The van der Waals surface area contributed by atoms with Crippen LogP contribution in [0.2, 0.25) is 0 Å². The van der Waals surface area contributed by atoms with E-state index < -0.39 is 30.7 Å². The Morgan fingerprint density at radius 1 is 0.952 bits per heavy atom. The minimum absolute atomic E-state index is 0.00581. The zero-order chi connectivity index (χ0) is 15.3. The lowest BCUT2D eigenvalue weighted by molar-refractivity contribution is -0.201. The van der Waals surface area contributed by atoms with Crippen LogP contribution in [0.5, 0.6) is 0 Å². The Kier molecular flexibility index (Phi) is 3.18. The van der Waals surface area contributed by atoms with Gasteiger partial charge in [-0.2, -0.15) is 17.6 Å². The zero-order valence-corrected chi connectivity index (χ0v) is 10.8. The van der Waals surface area contributed by atoms with E-state index in [4.69, 9.17) is 9.84 Å². The molecule has 2 aromatic carbocycles. The van der Waals surface area contributed by atoms with Gasteiger partial charge in [0.25, 0.3) is 0 Å². The summed E-state index contributed by atoms with van der Waals surface area (Å²) < 4.78 is 60.3. The third-order valence-electron chi connectivity index (χ3n) is 3.75. The van der Waals surface area contributed by atoms with Crippen molar-refractivity contribution in [1.82, 2.24) is 0 Å². The molecule has 0 aromatic heterocycles. The number of rotatable bonds is 2. The van der Waals surface area contributed by atoms with E-state index in [1.165, 1.54) is 12.1 Å². The van der Waals surface area contributed by atoms with E-state index in [-0.39, 0.29) is 5.56 Å². The van der Waals surface area contributed by atoms with Crippen LogP contribution in [-0.2, 0) is 4.74 Å². The maximum Gasteiger partial charge on any atom is 0.342 e. The van der Waals surface area contributed by atoms with Gasteiger partial charge in [-0.1, -0.05) is 42.5 Å². The summed E-state index contributed by atoms with van der Waals surface area (Å²) in [7, 11) is 0. The number of alkyl halides is 4. The second kappa shape index (κ2) is 4.68. The zero-order valence-electron chi connectivity index (χ0n) is 10.8. The average Bonchev–Trinajstić information content (AvgIpc) is 2.64. The lowest BCUT2D eigenvalue weighted by atomic mass is 9.95. The summed E-state index contributed by atoms with van der Waals surface area (Å²) in [6, 6.07) is 11.2. The number of hydrogen-bond acceptors (Lipinski definition) is 2. The number of aliphatic hydroxyl groups is 1. The Hall–Kier alpha value is -1.66. The van der Waals surface area contributed by atoms with Crippen LogP contribution >= 0.6 is 0 Å². The van der Waals surface area contributed by atoms with E-state index >= 15 is 0 Å². The van der Waals surface area contributed by atoms with Gasteiger partial charge in [0.1, 0.15) is 0 Å². The van der Waals surface area contributed by atoms with Crippen molar-refractivity contribution in [2.24, 2.45) is 0 Å². The van der Waals surface area contributed by atoms with Gasteiger partial charge in [0.2, 0.25) is 0 Å². The van der Waals surface area contributed by atoms with Gasteiger partial charge in [-0.3, -0.25) is 0 Å². The Labute approximate surface area is 118 Å². The van der Waals surface area contributed by atoms with Crippen LogP contribution in [0.15, 0.2) is 42.5 Å². The molecule has 0 unspecified atom stereocenters. The summed E-state index contributed by atoms with van der Waals surface area (Å²) in [5.74, 6) is -8.80. The van der Waals surface area contributed by atoms with Crippen molar-refractivity contribution in [2.75, 3.05) is 6.61 Å². The van der Waals surface area contributed by atoms with Crippen LogP contribution in [0.4, 0.5) is 17.6 Å². The first kappa shape index (κ1) is 14.3. The third-order valence-corrected chi connectivity index (χ3v) is 3.75. The first-order valence-electron chi connectivity index (χ1n) is 6.39. The highest BCUT2D eigenvalue weighted by atomic mass is 19.3. The van der Waals surface area contributed by atoms with Gasteiger partial charge in [-0.05, 0) is 16.3 Å². The summed E-state index contributed by atoms with van der Waals surface area (Å²) in [5.41, 5.74) is -0.00581. The summed E-state index contributed by atoms with van der Waals surface area (Å²) in [6.07, 6.45) is -4.30. The van der Waals surface area contributed by atoms with Crippen molar-refractivity contribution in [3.8, 4) is 0 Å². The van der Waals surface area contributed by atoms with Crippen LogP contribution in [-0.4, -0.2) is 29.7 Å². The van der Waals surface area contributed by atoms with Crippen molar-refractivity contribution in [2.45, 2.75) is 24.1 Å². The number of aliphatic hydroxyl groups excluding tert-OH is 1. The summed E-state index contributed by atoms with van der Waals surface area (Å²) >= 11 is 0. The van der Waals surface area contributed by atoms with E-state index in [1.54, 1.807) is 30.3 Å². The molecule has 1 N–H and O–H groups in total. The van der Waals surface area contributed by atoms with Crippen molar-refractivity contribution < 1.29 is 27.4 Å². The molecule has 0 bridgehead atoms. The second-order valence-corrected chi connectivity index (χ2v) is 5.00. The summed E-state index contributed by atoms with van der Waals surface area (Å²) in [4.78, 5) is 0. The highest BCUT2D eigenvalue weighted by Gasteiger charge is 2.72. The molecule has 0 spiro atoms.